The van der Waals surface area contributed by atoms with Crippen molar-refractivity contribution in [3.05, 3.63) is 57.5 Å². The Bertz CT molecular complexity index is 827. The van der Waals surface area contributed by atoms with Gasteiger partial charge in [0.25, 0.3) is 0 Å². The van der Waals surface area contributed by atoms with Crippen molar-refractivity contribution in [1.82, 2.24) is 0 Å². The van der Waals surface area contributed by atoms with Gasteiger partial charge in [-0.15, -0.1) is 0 Å². The molecule has 0 fully saturated rings. The van der Waals surface area contributed by atoms with E-state index >= 15 is 0 Å². The van der Waals surface area contributed by atoms with Crippen molar-refractivity contribution in [2.75, 3.05) is 0 Å². The Kier molecular flexibility index (Phi) is 3.88. The van der Waals surface area contributed by atoms with Crippen LogP contribution >= 0.6 is 11.6 Å². The molecule has 3 aliphatic rings. The van der Waals surface area contributed by atoms with E-state index in [-0.39, 0.29) is 22.9 Å². The monoisotopic (exact) mass is 356 g/mol. The second-order valence-electron chi connectivity index (χ2n) is 7.98. The Hall–Kier alpha value is -1.87. The molecule has 0 saturated carbocycles. The van der Waals surface area contributed by atoms with Crippen molar-refractivity contribution in [1.29, 1.82) is 0 Å². The standard InChI is InChI=1S/C21H21ClO3/c1-21(2)10-15(24)20-17(11-21)25-16-5-3-4-14(23)19(16)18(20)12-6-8-13(22)9-7-12/h6-9,18H,3-5,10-11H2,1-2H3. The lowest BCUT2D eigenvalue weighted by Crippen LogP contribution is -2.34. The molecule has 130 valence electrons. The number of carbonyl (C=O) groups excluding carboxylic acids is 2. The summed E-state index contributed by atoms with van der Waals surface area (Å²) in [5.41, 5.74) is 2.18. The van der Waals surface area contributed by atoms with Gasteiger partial charge in [-0.1, -0.05) is 37.6 Å². The SMILES string of the molecule is CC1(C)CC(=O)C2=C(C1)OC1=C(C(=O)CCC1)C2c1ccc(Cl)cc1. The summed E-state index contributed by atoms with van der Waals surface area (Å²) in [5, 5.41) is 0.644. The molecule has 1 heterocycles. The van der Waals surface area contributed by atoms with Crippen molar-refractivity contribution in [2.24, 2.45) is 5.41 Å². The van der Waals surface area contributed by atoms with Crippen LogP contribution < -0.4 is 0 Å². The Morgan fingerprint density at radius 3 is 2.36 bits per heavy atom. The Morgan fingerprint density at radius 2 is 1.64 bits per heavy atom. The first kappa shape index (κ1) is 16.6. The van der Waals surface area contributed by atoms with Crippen LogP contribution in [0.3, 0.4) is 0 Å². The second kappa shape index (κ2) is 5.84. The highest BCUT2D eigenvalue weighted by Gasteiger charge is 2.45. The molecule has 0 bridgehead atoms. The van der Waals surface area contributed by atoms with E-state index in [2.05, 4.69) is 13.8 Å². The summed E-state index contributed by atoms with van der Waals surface area (Å²) >= 11 is 6.04. The number of hydrogen-bond acceptors (Lipinski definition) is 3. The van der Waals surface area contributed by atoms with Crippen LogP contribution in [-0.2, 0) is 14.3 Å². The molecule has 1 unspecified atom stereocenters. The fourth-order valence-electron chi connectivity index (χ4n) is 4.23. The molecule has 1 aromatic carbocycles. The molecular formula is C21H21ClO3. The highest BCUT2D eigenvalue weighted by Crippen LogP contribution is 2.50. The number of allylic oxidation sites excluding steroid dienone is 4. The molecule has 2 aliphatic carbocycles. The fourth-order valence-corrected chi connectivity index (χ4v) is 4.36. The number of ketones is 2. The maximum atomic E-state index is 13.0. The van der Waals surface area contributed by atoms with Crippen LogP contribution in [0.1, 0.15) is 57.4 Å². The molecule has 1 atom stereocenters. The molecule has 25 heavy (non-hydrogen) atoms. The van der Waals surface area contributed by atoms with Crippen molar-refractivity contribution in [3.63, 3.8) is 0 Å². The van der Waals surface area contributed by atoms with Gasteiger partial charge in [-0.2, -0.15) is 0 Å². The van der Waals surface area contributed by atoms with E-state index in [4.69, 9.17) is 16.3 Å². The van der Waals surface area contributed by atoms with Crippen molar-refractivity contribution >= 4 is 23.2 Å². The van der Waals surface area contributed by atoms with Gasteiger partial charge < -0.3 is 4.74 Å². The molecule has 1 aromatic rings. The zero-order valence-corrected chi connectivity index (χ0v) is 15.3. The van der Waals surface area contributed by atoms with Gasteiger partial charge in [0.2, 0.25) is 0 Å². The minimum Gasteiger partial charge on any atom is -0.465 e. The van der Waals surface area contributed by atoms with Crippen LogP contribution in [0.2, 0.25) is 5.02 Å². The van der Waals surface area contributed by atoms with Gasteiger partial charge in [-0.3, -0.25) is 9.59 Å². The van der Waals surface area contributed by atoms with Crippen LogP contribution in [-0.4, -0.2) is 11.6 Å². The van der Waals surface area contributed by atoms with Crippen molar-refractivity contribution < 1.29 is 14.3 Å². The molecule has 1 aliphatic heterocycles. The quantitative estimate of drug-likeness (QED) is 0.702. The lowest BCUT2D eigenvalue weighted by molar-refractivity contribution is -0.119. The molecule has 4 rings (SSSR count). The summed E-state index contributed by atoms with van der Waals surface area (Å²) in [5.74, 6) is 1.41. The molecule has 0 N–H and O–H groups in total. The summed E-state index contributed by atoms with van der Waals surface area (Å²) in [4.78, 5) is 25.7. The largest absolute Gasteiger partial charge is 0.465 e. The number of halogens is 1. The summed E-state index contributed by atoms with van der Waals surface area (Å²) in [6, 6.07) is 7.47. The van der Waals surface area contributed by atoms with Crippen LogP contribution in [0.15, 0.2) is 46.9 Å². The molecule has 4 heteroatoms. The van der Waals surface area contributed by atoms with Crippen LogP contribution in [0.5, 0.6) is 0 Å². The molecule has 0 spiro atoms. The van der Waals surface area contributed by atoms with Crippen molar-refractivity contribution in [2.45, 2.75) is 51.9 Å². The number of rotatable bonds is 1. The third-order valence-corrected chi connectivity index (χ3v) is 5.57. The number of benzene rings is 1. The molecule has 0 radical (unpaired) electrons. The Labute approximate surface area is 152 Å². The Balaban J connectivity index is 1.90. The molecule has 0 saturated heterocycles. The van der Waals surface area contributed by atoms with Gasteiger partial charge in [-0.25, -0.2) is 0 Å². The predicted octanol–water partition coefficient (Wildman–Crippen LogP) is 5.10. The van der Waals surface area contributed by atoms with E-state index in [1.165, 1.54) is 0 Å². The topological polar surface area (TPSA) is 43.4 Å². The van der Waals surface area contributed by atoms with Gasteiger partial charge >= 0.3 is 0 Å². The molecule has 3 nitrogen and oxygen atoms in total. The fraction of sp³-hybridized carbons (Fsp3) is 0.429. The van der Waals surface area contributed by atoms with Gasteiger partial charge in [0.15, 0.2) is 11.6 Å². The van der Waals surface area contributed by atoms with E-state index in [0.29, 0.717) is 29.0 Å². The number of hydrogen-bond donors (Lipinski definition) is 0. The molecule has 0 amide bonds. The predicted molar refractivity (Wildman–Crippen MR) is 96.2 cm³/mol. The Morgan fingerprint density at radius 1 is 0.960 bits per heavy atom. The van der Waals surface area contributed by atoms with Crippen LogP contribution in [0, 0.1) is 5.41 Å². The summed E-state index contributed by atoms with van der Waals surface area (Å²) in [7, 11) is 0. The zero-order chi connectivity index (χ0) is 17.8. The van der Waals surface area contributed by atoms with Crippen molar-refractivity contribution in [3.8, 4) is 0 Å². The van der Waals surface area contributed by atoms with E-state index < -0.39 is 0 Å². The normalized spacial score (nSPS) is 25.5. The van der Waals surface area contributed by atoms with Gasteiger partial charge in [0.05, 0.1) is 0 Å². The van der Waals surface area contributed by atoms with Gasteiger partial charge in [0, 0.05) is 47.8 Å². The van der Waals surface area contributed by atoms with Gasteiger partial charge in [0.1, 0.15) is 11.5 Å². The minimum atomic E-state index is -0.313. The average molecular weight is 357 g/mol. The maximum absolute atomic E-state index is 13.0. The van der Waals surface area contributed by atoms with E-state index in [0.717, 1.165) is 36.3 Å². The second-order valence-corrected chi connectivity index (χ2v) is 8.41. The summed E-state index contributed by atoms with van der Waals surface area (Å²) in [6.45, 7) is 4.18. The zero-order valence-electron chi connectivity index (χ0n) is 14.5. The van der Waals surface area contributed by atoms with E-state index in [1.807, 2.05) is 24.3 Å². The first-order valence-electron chi connectivity index (χ1n) is 8.81. The lowest BCUT2D eigenvalue weighted by Gasteiger charge is -2.40. The number of carbonyl (C=O) groups is 2. The first-order chi connectivity index (χ1) is 11.9. The average Bonchev–Trinajstić information content (AvgIpc) is 2.53. The molecular weight excluding hydrogens is 336 g/mol. The third kappa shape index (κ3) is 2.85. The lowest BCUT2D eigenvalue weighted by atomic mass is 9.68. The smallest absolute Gasteiger partial charge is 0.163 e. The third-order valence-electron chi connectivity index (χ3n) is 5.31. The van der Waals surface area contributed by atoms with Crippen LogP contribution in [0.25, 0.3) is 0 Å². The number of Topliss-reactive ketones (excluding diaryl/α,β-unsaturated/α-hetero) is 2. The highest BCUT2D eigenvalue weighted by atomic mass is 35.5. The van der Waals surface area contributed by atoms with Gasteiger partial charge in [-0.05, 0) is 29.5 Å². The van der Waals surface area contributed by atoms with E-state index in [1.54, 1.807) is 0 Å². The maximum Gasteiger partial charge on any atom is 0.163 e. The first-order valence-corrected chi connectivity index (χ1v) is 9.19. The summed E-state index contributed by atoms with van der Waals surface area (Å²) in [6.07, 6.45) is 3.30. The summed E-state index contributed by atoms with van der Waals surface area (Å²) < 4.78 is 6.14. The van der Waals surface area contributed by atoms with E-state index in [9.17, 15) is 9.59 Å². The van der Waals surface area contributed by atoms with Crippen LogP contribution in [0.4, 0.5) is 0 Å². The molecule has 0 aromatic heterocycles. The minimum absolute atomic E-state index is 0.0936. The highest BCUT2D eigenvalue weighted by molar-refractivity contribution is 6.30. The number of ether oxygens (including phenoxy) is 1.